The van der Waals surface area contributed by atoms with Crippen molar-refractivity contribution < 1.29 is 14.7 Å². The molecule has 0 aliphatic carbocycles. The minimum Gasteiger partial charge on any atom is -0.370 e. The molecule has 1 atom stereocenters. The molecule has 0 aromatic carbocycles. The highest BCUT2D eigenvalue weighted by Gasteiger charge is 2.13. The molecule has 8 heteroatoms. The van der Waals surface area contributed by atoms with E-state index in [1.54, 1.807) is 0 Å². The summed E-state index contributed by atoms with van der Waals surface area (Å²) in [5.74, 6) is -1.25. The molecule has 0 radical (unpaired) electrons. The van der Waals surface area contributed by atoms with Gasteiger partial charge in [-0.2, -0.15) is 0 Å². The van der Waals surface area contributed by atoms with Crippen LogP contribution in [0, 0.1) is 0 Å². The number of hydrogen-bond donors (Lipinski definition) is 5. The average molecular weight is 273 g/mol. The van der Waals surface area contributed by atoms with Gasteiger partial charge in [0, 0.05) is 13.0 Å². The molecule has 19 heavy (non-hydrogen) atoms. The first-order valence-electron chi connectivity index (χ1n) is 6.25. The van der Waals surface area contributed by atoms with Crippen LogP contribution in [0.2, 0.25) is 0 Å². The summed E-state index contributed by atoms with van der Waals surface area (Å²) in [4.78, 5) is 25.6. The molecule has 0 rings (SSSR count). The van der Waals surface area contributed by atoms with Crippen molar-refractivity contribution in [1.29, 1.82) is 0 Å². The first-order valence-corrected chi connectivity index (χ1v) is 6.25. The third kappa shape index (κ3) is 11.0. The molecule has 1 unspecified atom stereocenters. The van der Waals surface area contributed by atoms with Gasteiger partial charge < -0.3 is 27.6 Å². The van der Waals surface area contributed by atoms with E-state index < -0.39 is 12.1 Å². The van der Waals surface area contributed by atoms with Crippen molar-refractivity contribution in [3.8, 4) is 0 Å². The van der Waals surface area contributed by atoms with Gasteiger partial charge in [-0.15, -0.1) is 0 Å². The second-order valence-corrected chi connectivity index (χ2v) is 4.20. The first-order chi connectivity index (χ1) is 8.93. The third-order valence-electron chi connectivity index (χ3n) is 2.42. The number of primary amides is 1. The summed E-state index contributed by atoms with van der Waals surface area (Å²) >= 11 is 0. The second-order valence-electron chi connectivity index (χ2n) is 4.20. The van der Waals surface area contributed by atoms with E-state index >= 15 is 0 Å². The SMILES string of the molecule is NC(=O)C(O)NC(=O)CCCCCCCN=C(N)N. The molecule has 0 aliphatic heterocycles. The molecule has 0 saturated carbocycles. The minimum absolute atomic E-state index is 0.102. The van der Waals surface area contributed by atoms with Crippen LogP contribution in [-0.2, 0) is 9.59 Å². The van der Waals surface area contributed by atoms with Crippen molar-refractivity contribution in [2.75, 3.05) is 6.54 Å². The van der Waals surface area contributed by atoms with Crippen LogP contribution in [0.3, 0.4) is 0 Å². The van der Waals surface area contributed by atoms with Crippen LogP contribution in [0.4, 0.5) is 0 Å². The number of hydrogen-bond acceptors (Lipinski definition) is 4. The predicted octanol–water partition coefficient (Wildman–Crippen LogP) is -1.48. The standard InChI is InChI=1S/C11H23N5O3/c12-9(18)10(19)16-8(17)6-4-2-1-3-5-7-15-11(13)14/h10,19H,1-7H2,(H2,12,18)(H,16,17)(H4,13,14,15). The number of unbranched alkanes of at least 4 members (excludes halogenated alkanes) is 4. The van der Waals surface area contributed by atoms with Gasteiger partial charge in [0.15, 0.2) is 5.96 Å². The summed E-state index contributed by atoms with van der Waals surface area (Å²) in [5, 5.41) is 11.1. The number of rotatable bonds is 10. The maximum atomic E-state index is 11.2. The Morgan fingerprint density at radius 3 is 2.21 bits per heavy atom. The van der Waals surface area contributed by atoms with E-state index in [1.807, 2.05) is 0 Å². The number of nitrogens with two attached hydrogens (primary N) is 3. The van der Waals surface area contributed by atoms with Gasteiger partial charge in [-0.1, -0.05) is 19.3 Å². The normalized spacial score (nSPS) is 11.6. The van der Waals surface area contributed by atoms with Gasteiger partial charge in [-0.05, 0) is 12.8 Å². The Morgan fingerprint density at radius 1 is 1.05 bits per heavy atom. The zero-order valence-corrected chi connectivity index (χ0v) is 11.0. The van der Waals surface area contributed by atoms with Gasteiger partial charge in [0.25, 0.3) is 5.91 Å². The number of amides is 2. The Balaban J connectivity index is 3.42. The Morgan fingerprint density at radius 2 is 1.63 bits per heavy atom. The van der Waals surface area contributed by atoms with E-state index in [4.69, 9.17) is 22.3 Å². The lowest BCUT2D eigenvalue weighted by molar-refractivity contribution is -0.134. The lowest BCUT2D eigenvalue weighted by Gasteiger charge is -2.08. The Kier molecular flexibility index (Phi) is 9.15. The molecule has 110 valence electrons. The molecule has 8 nitrogen and oxygen atoms in total. The van der Waals surface area contributed by atoms with Gasteiger partial charge in [-0.3, -0.25) is 14.6 Å². The molecule has 0 aliphatic rings. The summed E-state index contributed by atoms with van der Waals surface area (Å²) in [6, 6.07) is 0. The van der Waals surface area contributed by atoms with Crippen LogP contribution in [0.5, 0.6) is 0 Å². The molecular formula is C11H23N5O3. The zero-order valence-electron chi connectivity index (χ0n) is 11.0. The first kappa shape index (κ1) is 17.2. The number of aliphatic hydroxyl groups excluding tert-OH is 1. The summed E-state index contributed by atoms with van der Waals surface area (Å²) in [6.07, 6.45) is 3.12. The molecule has 8 N–H and O–H groups in total. The van der Waals surface area contributed by atoms with Crippen molar-refractivity contribution in [3.63, 3.8) is 0 Å². The summed E-state index contributed by atoms with van der Waals surface area (Å²) in [7, 11) is 0. The average Bonchev–Trinajstić information content (AvgIpc) is 2.31. The van der Waals surface area contributed by atoms with Crippen LogP contribution >= 0.6 is 0 Å². The van der Waals surface area contributed by atoms with E-state index in [1.165, 1.54) is 0 Å². The molecule has 0 spiro atoms. The highest BCUT2D eigenvalue weighted by Crippen LogP contribution is 2.05. The Bertz CT molecular complexity index is 315. The van der Waals surface area contributed by atoms with E-state index in [0.717, 1.165) is 25.7 Å². The molecule has 2 amide bonds. The van der Waals surface area contributed by atoms with Gasteiger partial charge in [-0.25, -0.2) is 0 Å². The topological polar surface area (TPSA) is 157 Å². The fourth-order valence-electron chi connectivity index (χ4n) is 1.43. The van der Waals surface area contributed by atoms with Crippen LogP contribution in [0.25, 0.3) is 0 Å². The molecule has 0 saturated heterocycles. The molecule has 0 heterocycles. The Hall–Kier alpha value is -1.83. The van der Waals surface area contributed by atoms with E-state index in [0.29, 0.717) is 13.0 Å². The highest BCUT2D eigenvalue weighted by atomic mass is 16.3. The van der Waals surface area contributed by atoms with Gasteiger partial charge in [0.05, 0.1) is 0 Å². The number of carbonyl (C=O) groups excluding carboxylic acids is 2. The lowest BCUT2D eigenvalue weighted by Crippen LogP contribution is -2.44. The summed E-state index contributed by atoms with van der Waals surface area (Å²) < 4.78 is 0. The van der Waals surface area contributed by atoms with Crippen LogP contribution in [0.1, 0.15) is 38.5 Å². The van der Waals surface area contributed by atoms with Crippen LogP contribution < -0.4 is 22.5 Å². The second kappa shape index (κ2) is 10.1. The van der Waals surface area contributed by atoms with Gasteiger partial charge >= 0.3 is 0 Å². The Labute approximate surface area is 112 Å². The summed E-state index contributed by atoms with van der Waals surface area (Å²) in [5.41, 5.74) is 15.2. The zero-order chi connectivity index (χ0) is 14.7. The molecule has 0 fully saturated rings. The van der Waals surface area contributed by atoms with E-state index in [9.17, 15) is 9.59 Å². The molecular weight excluding hydrogens is 250 g/mol. The fraction of sp³-hybridized carbons (Fsp3) is 0.727. The fourth-order valence-corrected chi connectivity index (χ4v) is 1.43. The number of nitrogens with one attached hydrogen (secondary N) is 1. The van der Waals surface area contributed by atoms with Gasteiger partial charge in [0.2, 0.25) is 12.1 Å². The number of aliphatic hydroxyl groups is 1. The van der Waals surface area contributed by atoms with Crippen molar-refractivity contribution >= 4 is 17.8 Å². The predicted molar refractivity (Wildman–Crippen MR) is 71.7 cm³/mol. The van der Waals surface area contributed by atoms with Crippen molar-refractivity contribution in [1.82, 2.24) is 5.32 Å². The van der Waals surface area contributed by atoms with Gasteiger partial charge in [0.1, 0.15) is 0 Å². The number of aliphatic imine (C=N–C) groups is 1. The smallest absolute Gasteiger partial charge is 0.267 e. The quantitative estimate of drug-likeness (QED) is 0.142. The number of nitrogens with zero attached hydrogens (tertiary/aromatic N) is 1. The summed E-state index contributed by atoms with van der Waals surface area (Å²) in [6.45, 7) is 0.619. The minimum atomic E-state index is -1.60. The maximum Gasteiger partial charge on any atom is 0.267 e. The van der Waals surface area contributed by atoms with Crippen molar-refractivity contribution in [2.24, 2.45) is 22.2 Å². The molecule has 0 bridgehead atoms. The largest absolute Gasteiger partial charge is 0.370 e. The number of carbonyl (C=O) groups is 2. The van der Waals surface area contributed by atoms with E-state index in [-0.39, 0.29) is 18.3 Å². The third-order valence-corrected chi connectivity index (χ3v) is 2.42. The maximum absolute atomic E-state index is 11.2. The molecule has 0 aromatic rings. The number of guanidine groups is 1. The monoisotopic (exact) mass is 273 g/mol. The highest BCUT2D eigenvalue weighted by molar-refractivity contribution is 5.85. The van der Waals surface area contributed by atoms with Crippen molar-refractivity contribution in [3.05, 3.63) is 0 Å². The van der Waals surface area contributed by atoms with Crippen molar-refractivity contribution in [2.45, 2.75) is 44.8 Å². The lowest BCUT2D eigenvalue weighted by atomic mass is 10.1. The van der Waals surface area contributed by atoms with Crippen LogP contribution in [0.15, 0.2) is 4.99 Å². The molecule has 0 aromatic heterocycles. The van der Waals surface area contributed by atoms with Crippen LogP contribution in [-0.4, -0.2) is 35.7 Å². The van der Waals surface area contributed by atoms with E-state index in [2.05, 4.69) is 10.3 Å².